The zero-order chi connectivity index (χ0) is 13.0. The fraction of sp³-hybridized carbons (Fsp3) is 1.00. The Morgan fingerprint density at radius 3 is 2.89 bits per heavy atom. The van der Waals surface area contributed by atoms with Crippen LogP contribution < -0.4 is 5.32 Å². The molecule has 3 unspecified atom stereocenters. The van der Waals surface area contributed by atoms with E-state index in [-0.39, 0.29) is 5.60 Å². The van der Waals surface area contributed by atoms with Crippen LogP contribution in [-0.2, 0) is 9.47 Å². The molecule has 2 fully saturated rings. The minimum absolute atomic E-state index is 0.0563. The maximum Gasteiger partial charge on any atom is 0.106 e. The van der Waals surface area contributed by atoms with Crippen LogP contribution in [0.4, 0.5) is 0 Å². The van der Waals surface area contributed by atoms with Gasteiger partial charge in [0.1, 0.15) is 5.60 Å². The fourth-order valence-electron chi connectivity index (χ4n) is 3.24. The Labute approximate surface area is 111 Å². The summed E-state index contributed by atoms with van der Waals surface area (Å²) in [5, 5.41) is 3.57. The van der Waals surface area contributed by atoms with Crippen LogP contribution in [0.25, 0.3) is 0 Å². The minimum Gasteiger partial charge on any atom is -0.378 e. The SMILES string of the molecule is CCNC1CCN(CC2(OC)CCOC2)C(C)C1. The van der Waals surface area contributed by atoms with Crippen molar-refractivity contribution in [2.24, 2.45) is 0 Å². The highest BCUT2D eigenvalue weighted by molar-refractivity contribution is 4.92. The zero-order valence-corrected chi connectivity index (χ0v) is 12.1. The van der Waals surface area contributed by atoms with Crippen molar-refractivity contribution >= 4 is 0 Å². The molecule has 0 aromatic heterocycles. The molecular weight excluding hydrogens is 228 g/mol. The summed E-state index contributed by atoms with van der Waals surface area (Å²) in [7, 11) is 1.82. The maximum atomic E-state index is 5.74. The van der Waals surface area contributed by atoms with Crippen molar-refractivity contribution < 1.29 is 9.47 Å². The smallest absolute Gasteiger partial charge is 0.106 e. The maximum absolute atomic E-state index is 5.74. The van der Waals surface area contributed by atoms with E-state index in [1.165, 1.54) is 19.4 Å². The summed E-state index contributed by atoms with van der Waals surface area (Å²) in [6.45, 7) is 9.38. The fourth-order valence-corrected chi connectivity index (χ4v) is 3.24. The molecule has 106 valence electrons. The molecular formula is C14H28N2O2. The number of ether oxygens (including phenoxy) is 2. The number of nitrogens with zero attached hydrogens (tertiary/aromatic N) is 1. The van der Waals surface area contributed by atoms with Gasteiger partial charge in [0, 0.05) is 45.3 Å². The Hall–Kier alpha value is -0.160. The molecule has 3 atom stereocenters. The van der Waals surface area contributed by atoms with Gasteiger partial charge in [-0.25, -0.2) is 0 Å². The van der Waals surface area contributed by atoms with Gasteiger partial charge in [-0.2, -0.15) is 0 Å². The quantitative estimate of drug-likeness (QED) is 0.803. The van der Waals surface area contributed by atoms with Crippen molar-refractivity contribution in [3.63, 3.8) is 0 Å². The second kappa shape index (κ2) is 6.33. The lowest BCUT2D eigenvalue weighted by Crippen LogP contribution is -2.53. The summed E-state index contributed by atoms with van der Waals surface area (Å²) in [5.74, 6) is 0. The van der Waals surface area contributed by atoms with E-state index in [0.717, 1.165) is 32.7 Å². The van der Waals surface area contributed by atoms with Gasteiger partial charge in [0.15, 0.2) is 0 Å². The molecule has 0 aliphatic carbocycles. The van der Waals surface area contributed by atoms with Crippen molar-refractivity contribution in [3.8, 4) is 0 Å². The molecule has 2 heterocycles. The summed E-state index contributed by atoms with van der Waals surface area (Å²) < 4.78 is 11.3. The predicted octanol–water partition coefficient (Wildman–Crippen LogP) is 1.25. The Morgan fingerprint density at radius 2 is 2.33 bits per heavy atom. The Balaban J connectivity index is 1.86. The second-order valence-electron chi connectivity index (χ2n) is 5.79. The van der Waals surface area contributed by atoms with Gasteiger partial charge in [0.25, 0.3) is 0 Å². The van der Waals surface area contributed by atoms with E-state index in [1.807, 2.05) is 7.11 Å². The monoisotopic (exact) mass is 256 g/mol. The van der Waals surface area contributed by atoms with Gasteiger partial charge < -0.3 is 14.8 Å². The minimum atomic E-state index is -0.0563. The van der Waals surface area contributed by atoms with Gasteiger partial charge in [0.05, 0.1) is 6.61 Å². The molecule has 0 radical (unpaired) electrons. The molecule has 0 saturated carbocycles. The lowest BCUT2D eigenvalue weighted by Gasteiger charge is -2.42. The number of methoxy groups -OCH3 is 1. The third kappa shape index (κ3) is 3.23. The number of hydrogen-bond acceptors (Lipinski definition) is 4. The largest absolute Gasteiger partial charge is 0.378 e. The summed E-state index contributed by atoms with van der Waals surface area (Å²) in [6, 6.07) is 1.33. The molecule has 2 rings (SSSR count). The lowest BCUT2D eigenvalue weighted by atomic mass is 9.94. The summed E-state index contributed by atoms with van der Waals surface area (Å²) in [5.41, 5.74) is -0.0563. The van der Waals surface area contributed by atoms with Crippen LogP contribution in [0.15, 0.2) is 0 Å². The van der Waals surface area contributed by atoms with Crippen molar-refractivity contribution in [2.75, 3.05) is 40.0 Å². The van der Waals surface area contributed by atoms with Gasteiger partial charge in [-0.3, -0.25) is 4.90 Å². The number of likely N-dealkylation sites (tertiary alicyclic amines) is 1. The first-order valence-corrected chi connectivity index (χ1v) is 7.29. The summed E-state index contributed by atoms with van der Waals surface area (Å²) in [6.07, 6.45) is 3.52. The van der Waals surface area contributed by atoms with Gasteiger partial charge in [-0.05, 0) is 26.3 Å². The molecule has 2 aliphatic heterocycles. The normalized spacial score (nSPS) is 38.2. The highest BCUT2D eigenvalue weighted by atomic mass is 16.5. The van der Waals surface area contributed by atoms with E-state index in [9.17, 15) is 0 Å². The average molecular weight is 256 g/mol. The second-order valence-corrected chi connectivity index (χ2v) is 5.79. The molecule has 2 aliphatic rings. The Bertz CT molecular complexity index is 254. The van der Waals surface area contributed by atoms with Crippen LogP contribution in [0.5, 0.6) is 0 Å². The first-order valence-electron chi connectivity index (χ1n) is 7.29. The molecule has 4 heteroatoms. The van der Waals surface area contributed by atoms with Crippen LogP contribution in [0.3, 0.4) is 0 Å². The van der Waals surface area contributed by atoms with Crippen LogP contribution in [0.1, 0.15) is 33.1 Å². The molecule has 18 heavy (non-hydrogen) atoms. The van der Waals surface area contributed by atoms with Crippen LogP contribution >= 0.6 is 0 Å². The third-order valence-electron chi connectivity index (χ3n) is 4.50. The van der Waals surface area contributed by atoms with Gasteiger partial charge >= 0.3 is 0 Å². The van der Waals surface area contributed by atoms with Gasteiger partial charge in [0.2, 0.25) is 0 Å². The highest BCUT2D eigenvalue weighted by Gasteiger charge is 2.39. The van der Waals surface area contributed by atoms with E-state index in [4.69, 9.17) is 9.47 Å². The molecule has 4 nitrogen and oxygen atoms in total. The molecule has 0 amide bonds. The van der Waals surface area contributed by atoms with E-state index in [2.05, 4.69) is 24.1 Å². The lowest BCUT2D eigenvalue weighted by molar-refractivity contribution is -0.0536. The molecule has 0 spiro atoms. The van der Waals surface area contributed by atoms with Crippen LogP contribution in [0, 0.1) is 0 Å². The topological polar surface area (TPSA) is 33.7 Å². The molecule has 0 bridgehead atoms. The van der Waals surface area contributed by atoms with Crippen molar-refractivity contribution in [1.82, 2.24) is 10.2 Å². The summed E-state index contributed by atoms with van der Waals surface area (Å²) in [4.78, 5) is 2.58. The van der Waals surface area contributed by atoms with Crippen molar-refractivity contribution in [3.05, 3.63) is 0 Å². The van der Waals surface area contributed by atoms with Gasteiger partial charge in [-0.1, -0.05) is 6.92 Å². The zero-order valence-electron chi connectivity index (χ0n) is 12.1. The summed E-state index contributed by atoms with van der Waals surface area (Å²) >= 11 is 0. The number of rotatable bonds is 5. The number of piperidine rings is 1. The molecule has 0 aromatic rings. The van der Waals surface area contributed by atoms with Crippen molar-refractivity contribution in [1.29, 1.82) is 0 Å². The van der Waals surface area contributed by atoms with Crippen molar-refractivity contribution in [2.45, 2.75) is 50.8 Å². The van der Waals surface area contributed by atoms with Crippen LogP contribution in [0.2, 0.25) is 0 Å². The molecule has 1 N–H and O–H groups in total. The predicted molar refractivity (Wildman–Crippen MR) is 72.9 cm³/mol. The van der Waals surface area contributed by atoms with Gasteiger partial charge in [-0.15, -0.1) is 0 Å². The highest BCUT2D eigenvalue weighted by Crippen LogP contribution is 2.27. The van der Waals surface area contributed by atoms with Crippen LogP contribution in [-0.4, -0.2) is 62.5 Å². The third-order valence-corrected chi connectivity index (χ3v) is 4.50. The average Bonchev–Trinajstić information content (AvgIpc) is 2.82. The number of nitrogens with one attached hydrogen (secondary N) is 1. The Morgan fingerprint density at radius 1 is 1.50 bits per heavy atom. The first kappa shape index (κ1) is 14.3. The van der Waals surface area contributed by atoms with E-state index >= 15 is 0 Å². The molecule has 0 aromatic carbocycles. The van der Waals surface area contributed by atoms with E-state index < -0.39 is 0 Å². The standard InChI is InChI=1S/C14H28N2O2/c1-4-15-13-5-7-16(12(2)9-13)10-14(17-3)6-8-18-11-14/h12-13,15H,4-11H2,1-3H3. The molecule has 2 saturated heterocycles. The Kier molecular flexibility index (Phi) is 5.01. The van der Waals surface area contributed by atoms with E-state index in [1.54, 1.807) is 0 Å². The van der Waals surface area contributed by atoms with E-state index in [0.29, 0.717) is 12.1 Å². The number of hydrogen-bond donors (Lipinski definition) is 1. The first-order chi connectivity index (χ1) is 8.69.